The van der Waals surface area contributed by atoms with Gasteiger partial charge in [0.25, 0.3) is 0 Å². The summed E-state index contributed by atoms with van der Waals surface area (Å²) in [5.41, 5.74) is 2.50. The lowest BCUT2D eigenvalue weighted by Crippen LogP contribution is -2.48. The van der Waals surface area contributed by atoms with E-state index in [4.69, 9.17) is 0 Å². The molecule has 0 aliphatic carbocycles. The molecule has 27 heavy (non-hydrogen) atoms. The number of carbonyl (C=O) groups excluding carboxylic acids is 1. The summed E-state index contributed by atoms with van der Waals surface area (Å²) in [7, 11) is -3.75. The first-order chi connectivity index (χ1) is 12.7. The number of halogens is 1. The summed E-state index contributed by atoms with van der Waals surface area (Å²) in [4.78, 5) is 12.4. The van der Waals surface area contributed by atoms with E-state index in [2.05, 4.69) is 17.4 Å². The van der Waals surface area contributed by atoms with Crippen LogP contribution in [0.15, 0.2) is 48.5 Å². The predicted molar refractivity (Wildman–Crippen MR) is 106 cm³/mol. The number of nitrogens with zero attached hydrogens (tertiary/aromatic N) is 1. The lowest BCUT2D eigenvalue weighted by Gasteiger charge is -2.28. The highest BCUT2D eigenvalue weighted by Crippen LogP contribution is 2.21. The Labute approximate surface area is 160 Å². The van der Waals surface area contributed by atoms with E-state index in [9.17, 15) is 17.6 Å². The van der Waals surface area contributed by atoms with Gasteiger partial charge in [-0.1, -0.05) is 35.9 Å². The van der Waals surface area contributed by atoms with Crippen LogP contribution < -0.4 is 9.62 Å². The standard InChI is InChI=1S/C20H25FN2O3S/c1-15-9-11-17(12-10-15)6-5-13-22-20(24)16(2)23(27(3,25)26)19-8-4-7-18(21)14-19/h4,7-12,14,16H,5-6,13H2,1-3H3,(H,22,24)/t16-/m0/s1. The number of hydrogen-bond acceptors (Lipinski definition) is 3. The van der Waals surface area contributed by atoms with Crippen molar-refractivity contribution in [2.75, 3.05) is 17.1 Å². The maximum atomic E-state index is 13.5. The Bertz CT molecular complexity index is 882. The molecule has 0 aliphatic rings. The Morgan fingerprint density at radius 2 is 1.85 bits per heavy atom. The smallest absolute Gasteiger partial charge is 0.243 e. The number of rotatable bonds is 8. The first-order valence-electron chi connectivity index (χ1n) is 8.76. The van der Waals surface area contributed by atoms with Crippen LogP contribution in [0.4, 0.5) is 10.1 Å². The highest BCUT2D eigenvalue weighted by Gasteiger charge is 2.29. The molecule has 0 aliphatic heterocycles. The van der Waals surface area contributed by atoms with E-state index in [-0.39, 0.29) is 5.69 Å². The second kappa shape index (κ2) is 8.99. The van der Waals surface area contributed by atoms with Gasteiger partial charge in [0.1, 0.15) is 11.9 Å². The third-order valence-electron chi connectivity index (χ3n) is 4.21. The van der Waals surface area contributed by atoms with Gasteiger partial charge >= 0.3 is 0 Å². The quantitative estimate of drug-likeness (QED) is 0.702. The molecule has 2 rings (SSSR count). The van der Waals surface area contributed by atoms with E-state index in [0.29, 0.717) is 6.54 Å². The van der Waals surface area contributed by atoms with Crippen molar-refractivity contribution in [2.24, 2.45) is 0 Å². The molecule has 146 valence electrons. The summed E-state index contributed by atoms with van der Waals surface area (Å²) in [6.45, 7) is 3.94. The molecule has 1 amide bonds. The van der Waals surface area contributed by atoms with Gasteiger partial charge in [0.15, 0.2) is 0 Å². The molecule has 0 radical (unpaired) electrons. The summed E-state index contributed by atoms with van der Waals surface area (Å²) >= 11 is 0. The molecule has 0 bridgehead atoms. The zero-order valence-corrected chi connectivity index (χ0v) is 16.6. The van der Waals surface area contributed by atoms with Crippen LogP contribution in [0.1, 0.15) is 24.5 Å². The third-order valence-corrected chi connectivity index (χ3v) is 5.45. The molecule has 2 aromatic rings. The van der Waals surface area contributed by atoms with Crippen molar-refractivity contribution < 1.29 is 17.6 Å². The summed E-state index contributed by atoms with van der Waals surface area (Å²) in [6, 6.07) is 12.4. The summed E-state index contributed by atoms with van der Waals surface area (Å²) in [6.07, 6.45) is 2.55. The van der Waals surface area contributed by atoms with Crippen molar-refractivity contribution in [2.45, 2.75) is 32.7 Å². The van der Waals surface area contributed by atoms with Crippen LogP contribution in [0.25, 0.3) is 0 Å². The minimum Gasteiger partial charge on any atom is -0.354 e. The molecule has 0 spiro atoms. The second-order valence-electron chi connectivity index (χ2n) is 6.59. The van der Waals surface area contributed by atoms with Gasteiger partial charge in [-0.2, -0.15) is 0 Å². The van der Waals surface area contributed by atoms with Crippen LogP contribution in [-0.2, 0) is 21.2 Å². The topological polar surface area (TPSA) is 66.5 Å². The van der Waals surface area contributed by atoms with Gasteiger partial charge in [-0.15, -0.1) is 0 Å². The zero-order valence-electron chi connectivity index (χ0n) is 15.8. The third kappa shape index (κ3) is 6.06. The Morgan fingerprint density at radius 1 is 1.19 bits per heavy atom. The van der Waals surface area contributed by atoms with Crippen molar-refractivity contribution >= 4 is 21.6 Å². The van der Waals surface area contributed by atoms with E-state index >= 15 is 0 Å². The van der Waals surface area contributed by atoms with Gasteiger partial charge in [-0.05, 0) is 50.5 Å². The van der Waals surface area contributed by atoms with Crippen molar-refractivity contribution in [3.05, 3.63) is 65.5 Å². The largest absolute Gasteiger partial charge is 0.354 e. The molecule has 0 unspecified atom stereocenters. The second-order valence-corrected chi connectivity index (χ2v) is 8.45. The fraction of sp³-hybridized carbons (Fsp3) is 0.350. The van der Waals surface area contributed by atoms with E-state index < -0.39 is 27.8 Å². The Balaban J connectivity index is 1.97. The molecular weight excluding hydrogens is 367 g/mol. The van der Waals surface area contributed by atoms with E-state index in [1.807, 2.05) is 19.1 Å². The molecule has 5 nitrogen and oxygen atoms in total. The van der Waals surface area contributed by atoms with Gasteiger partial charge in [0, 0.05) is 6.54 Å². The maximum Gasteiger partial charge on any atom is 0.243 e. The Hall–Kier alpha value is -2.41. The van der Waals surface area contributed by atoms with E-state index in [0.717, 1.165) is 29.5 Å². The molecule has 1 N–H and O–H groups in total. The fourth-order valence-corrected chi connectivity index (χ4v) is 4.00. The molecular formula is C20H25FN2O3S. The Kier molecular flexibility index (Phi) is 6.96. The van der Waals surface area contributed by atoms with Gasteiger partial charge in [0.2, 0.25) is 15.9 Å². The first kappa shape index (κ1) is 20.9. The van der Waals surface area contributed by atoms with Crippen molar-refractivity contribution in [1.82, 2.24) is 5.32 Å². The van der Waals surface area contributed by atoms with Crippen LogP contribution in [0.5, 0.6) is 0 Å². The number of benzene rings is 2. The fourth-order valence-electron chi connectivity index (χ4n) is 2.83. The number of sulfonamides is 1. The molecule has 0 aromatic heterocycles. The minimum atomic E-state index is -3.75. The van der Waals surface area contributed by atoms with Crippen molar-refractivity contribution in [3.8, 4) is 0 Å². The van der Waals surface area contributed by atoms with Gasteiger partial charge in [-0.25, -0.2) is 12.8 Å². The lowest BCUT2D eigenvalue weighted by molar-refractivity contribution is -0.121. The first-order valence-corrected chi connectivity index (χ1v) is 10.6. The highest BCUT2D eigenvalue weighted by molar-refractivity contribution is 7.92. The zero-order chi connectivity index (χ0) is 20.0. The number of anilines is 1. The molecule has 0 fully saturated rings. The SMILES string of the molecule is Cc1ccc(CCCNC(=O)[C@H](C)N(c2cccc(F)c2)S(C)(=O)=O)cc1. The number of hydrogen-bond donors (Lipinski definition) is 1. The molecule has 2 aromatic carbocycles. The highest BCUT2D eigenvalue weighted by atomic mass is 32.2. The van der Waals surface area contributed by atoms with E-state index in [1.165, 1.54) is 36.2 Å². The van der Waals surface area contributed by atoms with Crippen LogP contribution in [0.2, 0.25) is 0 Å². The van der Waals surface area contributed by atoms with Crippen molar-refractivity contribution in [3.63, 3.8) is 0 Å². The van der Waals surface area contributed by atoms with Gasteiger partial charge in [-0.3, -0.25) is 9.10 Å². The Morgan fingerprint density at radius 3 is 2.44 bits per heavy atom. The van der Waals surface area contributed by atoms with E-state index in [1.54, 1.807) is 0 Å². The molecule has 0 heterocycles. The minimum absolute atomic E-state index is 0.125. The summed E-state index contributed by atoms with van der Waals surface area (Å²) in [5, 5.41) is 2.76. The monoisotopic (exact) mass is 392 g/mol. The van der Waals surface area contributed by atoms with Crippen LogP contribution in [0.3, 0.4) is 0 Å². The molecule has 0 saturated heterocycles. The van der Waals surface area contributed by atoms with Crippen LogP contribution in [0, 0.1) is 12.7 Å². The molecule has 7 heteroatoms. The normalized spacial score (nSPS) is 12.4. The number of aryl methyl sites for hydroxylation is 2. The van der Waals surface area contributed by atoms with Crippen LogP contribution in [-0.4, -0.2) is 33.2 Å². The number of amides is 1. The maximum absolute atomic E-state index is 13.5. The average molecular weight is 392 g/mol. The van der Waals surface area contributed by atoms with Crippen molar-refractivity contribution in [1.29, 1.82) is 0 Å². The predicted octanol–water partition coefficient (Wildman–Crippen LogP) is 3.04. The lowest BCUT2D eigenvalue weighted by atomic mass is 10.1. The summed E-state index contributed by atoms with van der Waals surface area (Å²) < 4.78 is 38.7. The number of carbonyl (C=O) groups is 1. The average Bonchev–Trinajstić information content (AvgIpc) is 2.59. The van der Waals surface area contributed by atoms with Gasteiger partial charge in [0.05, 0.1) is 11.9 Å². The number of nitrogens with one attached hydrogen (secondary N) is 1. The van der Waals surface area contributed by atoms with Crippen LogP contribution >= 0.6 is 0 Å². The summed E-state index contributed by atoms with van der Waals surface area (Å²) in [5.74, 6) is -0.986. The molecule has 0 saturated carbocycles. The molecule has 1 atom stereocenters. The van der Waals surface area contributed by atoms with Gasteiger partial charge < -0.3 is 5.32 Å².